The van der Waals surface area contributed by atoms with Crippen LogP contribution in [0.3, 0.4) is 0 Å². The molecule has 0 radical (unpaired) electrons. The largest absolute Gasteiger partial charge is 0.507 e. The van der Waals surface area contributed by atoms with E-state index in [1.54, 1.807) is 24.6 Å². The molecule has 3 rings (SSSR count). The van der Waals surface area contributed by atoms with E-state index in [-0.39, 0.29) is 11.3 Å². The van der Waals surface area contributed by atoms with Crippen LogP contribution in [-0.4, -0.2) is 33.4 Å². The summed E-state index contributed by atoms with van der Waals surface area (Å²) in [7, 11) is 0. The molecule has 1 heterocycles. The van der Waals surface area contributed by atoms with Crippen LogP contribution in [-0.2, 0) is 9.53 Å². The number of aromatic hydroxyl groups is 1. The summed E-state index contributed by atoms with van der Waals surface area (Å²) in [6.45, 7) is 6.98. The van der Waals surface area contributed by atoms with Crippen molar-refractivity contribution in [1.82, 2.24) is 9.78 Å². The van der Waals surface area contributed by atoms with Crippen molar-refractivity contribution in [3.63, 3.8) is 0 Å². The summed E-state index contributed by atoms with van der Waals surface area (Å²) in [5.74, 6) is -1.43. The van der Waals surface area contributed by atoms with E-state index in [1.807, 2.05) is 38.1 Å². The highest BCUT2D eigenvalue weighted by atomic mass is 16.5. The van der Waals surface area contributed by atoms with Crippen LogP contribution in [0.4, 0.5) is 5.69 Å². The first-order valence-electron chi connectivity index (χ1n) is 9.16. The third-order valence-electron chi connectivity index (χ3n) is 4.54. The van der Waals surface area contributed by atoms with E-state index >= 15 is 0 Å². The summed E-state index contributed by atoms with van der Waals surface area (Å²) < 4.78 is 6.80. The molecule has 7 nitrogen and oxygen atoms in total. The second kappa shape index (κ2) is 8.18. The van der Waals surface area contributed by atoms with Gasteiger partial charge in [-0.2, -0.15) is 5.10 Å². The summed E-state index contributed by atoms with van der Waals surface area (Å²) in [5.41, 5.74) is 4.85. The normalized spacial score (nSPS) is 10.6. The molecule has 2 N–H and O–H groups in total. The molecule has 1 aromatic heterocycles. The Morgan fingerprint density at radius 2 is 1.69 bits per heavy atom. The van der Waals surface area contributed by atoms with Crippen LogP contribution in [0.2, 0.25) is 0 Å². The number of rotatable bonds is 5. The number of anilines is 1. The summed E-state index contributed by atoms with van der Waals surface area (Å²) in [6.07, 6.45) is 0. The van der Waals surface area contributed by atoms with Crippen LogP contribution in [0.15, 0.2) is 42.5 Å². The van der Waals surface area contributed by atoms with Crippen LogP contribution in [0, 0.1) is 27.7 Å². The Hall–Kier alpha value is -3.61. The van der Waals surface area contributed by atoms with Crippen molar-refractivity contribution in [2.75, 3.05) is 11.9 Å². The molecule has 0 unspecified atom stereocenters. The lowest BCUT2D eigenvalue weighted by Gasteiger charge is -2.09. The molecule has 0 bridgehead atoms. The van der Waals surface area contributed by atoms with Crippen molar-refractivity contribution in [2.45, 2.75) is 27.7 Å². The van der Waals surface area contributed by atoms with Gasteiger partial charge in [-0.1, -0.05) is 29.3 Å². The number of hydrogen-bond acceptors (Lipinski definition) is 5. The van der Waals surface area contributed by atoms with Gasteiger partial charge in [0.25, 0.3) is 5.91 Å². The molecule has 1 amide bonds. The van der Waals surface area contributed by atoms with Gasteiger partial charge in [-0.3, -0.25) is 4.79 Å². The first kappa shape index (κ1) is 20.1. The predicted molar refractivity (Wildman–Crippen MR) is 110 cm³/mol. The average Bonchev–Trinajstić information content (AvgIpc) is 2.97. The van der Waals surface area contributed by atoms with Crippen molar-refractivity contribution in [3.8, 4) is 11.4 Å². The number of nitrogens with zero attached hydrogens (tertiary/aromatic N) is 2. The molecule has 150 valence electrons. The van der Waals surface area contributed by atoms with E-state index < -0.39 is 18.5 Å². The van der Waals surface area contributed by atoms with Gasteiger partial charge in [0.15, 0.2) is 6.61 Å². The molecule has 0 aliphatic heterocycles. The van der Waals surface area contributed by atoms with E-state index in [4.69, 9.17) is 4.74 Å². The van der Waals surface area contributed by atoms with Gasteiger partial charge in [-0.25, -0.2) is 9.48 Å². The number of ether oxygens (including phenoxy) is 1. The van der Waals surface area contributed by atoms with Crippen LogP contribution in [0.25, 0.3) is 5.69 Å². The third-order valence-corrected chi connectivity index (χ3v) is 4.54. The number of phenolic OH excluding ortho intramolecular Hbond substituents is 1. The smallest absolute Gasteiger partial charge is 0.342 e. The van der Waals surface area contributed by atoms with Gasteiger partial charge in [0.2, 0.25) is 0 Å². The number of hydrogen-bond donors (Lipinski definition) is 2. The van der Waals surface area contributed by atoms with Crippen LogP contribution in [0.1, 0.15) is 32.9 Å². The zero-order valence-electron chi connectivity index (χ0n) is 16.8. The molecule has 0 saturated heterocycles. The number of nitrogens with one attached hydrogen (secondary N) is 1. The maximum Gasteiger partial charge on any atom is 0.342 e. The molecule has 0 spiro atoms. The SMILES string of the molecule is Cc1ccc(-n2nc(C)c(NC(=O)COC(=O)c3cc(C)ccc3O)c2C)cc1. The lowest BCUT2D eigenvalue weighted by molar-refractivity contribution is -0.119. The maximum absolute atomic E-state index is 12.3. The lowest BCUT2D eigenvalue weighted by atomic mass is 10.1. The summed E-state index contributed by atoms with van der Waals surface area (Å²) in [4.78, 5) is 24.5. The molecule has 3 aromatic rings. The van der Waals surface area contributed by atoms with E-state index in [2.05, 4.69) is 10.4 Å². The monoisotopic (exact) mass is 393 g/mol. The van der Waals surface area contributed by atoms with Gasteiger partial charge < -0.3 is 15.2 Å². The fraction of sp³-hybridized carbons (Fsp3) is 0.227. The highest BCUT2D eigenvalue weighted by Crippen LogP contribution is 2.23. The minimum absolute atomic E-state index is 0.0253. The Bertz CT molecular complexity index is 1070. The van der Waals surface area contributed by atoms with Gasteiger partial charge in [0, 0.05) is 0 Å². The minimum atomic E-state index is -0.759. The zero-order chi connectivity index (χ0) is 21.1. The molecule has 29 heavy (non-hydrogen) atoms. The van der Waals surface area contributed by atoms with Gasteiger partial charge in [0.1, 0.15) is 11.3 Å². The van der Waals surface area contributed by atoms with E-state index in [0.29, 0.717) is 11.4 Å². The standard InChI is InChI=1S/C22H23N3O4/c1-13-5-8-17(9-6-13)25-16(4)21(15(3)24-25)23-20(27)12-29-22(28)18-11-14(2)7-10-19(18)26/h5-11,26H,12H2,1-4H3,(H,23,27). The number of aryl methyl sites for hydroxylation is 3. The minimum Gasteiger partial charge on any atom is -0.507 e. The Labute approximate surface area is 168 Å². The molecule has 0 atom stereocenters. The lowest BCUT2D eigenvalue weighted by Crippen LogP contribution is -2.21. The fourth-order valence-electron chi connectivity index (χ4n) is 2.96. The molecular formula is C22H23N3O4. The summed E-state index contributed by atoms with van der Waals surface area (Å²) in [6, 6.07) is 12.5. The van der Waals surface area contributed by atoms with Gasteiger partial charge in [-0.05, 0) is 52.0 Å². The number of amides is 1. The molecule has 7 heteroatoms. The average molecular weight is 393 g/mol. The third kappa shape index (κ3) is 4.45. The number of carbonyl (C=O) groups is 2. The highest BCUT2D eigenvalue weighted by molar-refractivity contribution is 5.97. The van der Waals surface area contributed by atoms with Crippen molar-refractivity contribution in [2.24, 2.45) is 0 Å². The molecular weight excluding hydrogens is 370 g/mol. The number of esters is 1. The van der Waals surface area contributed by atoms with Crippen LogP contribution < -0.4 is 5.32 Å². The Kier molecular flexibility index (Phi) is 5.68. The molecule has 0 fully saturated rings. The van der Waals surface area contributed by atoms with Crippen molar-refractivity contribution in [3.05, 3.63) is 70.5 Å². The highest BCUT2D eigenvalue weighted by Gasteiger charge is 2.18. The predicted octanol–water partition coefficient (Wildman–Crippen LogP) is 3.61. The number of aromatic nitrogens is 2. The van der Waals surface area contributed by atoms with E-state index in [0.717, 1.165) is 22.5 Å². The van der Waals surface area contributed by atoms with E-state index in [9.17, 15) is 14.7 Å². The second-order valence-electron chi connectivity index (χ2n) is 6.94. The van der Waals surface area contributed by atoms with Gasteiger partial charge >= 0.3 is 5.97 Å². The van der Waals surface area contributed by atoms with Crippen LogP contribution >= 0.6 is 0 Å². The van der Waals surface area contributed by atoms with Crippen LogP contribution in [0.5, 0.6) is 5.75 Å². The number of benzene rings is 2. The molecule has 0 aliphatic rings. The summed E-state index contributed by atoms with van der Waals surface area (Å²) in [5, 5.41) is 17.0. The Morgan fingerprint density at radius 1 is 1.03 bits per heavy atom. The second-order valence-corrected chi connectivity index (χ2v) is 6.94. The molecule has 0 saturated carbocycles. The molecule has 2 aromatic carbocycles. The zero-order valence-corrected chi connectivity index (χ0v) is 16.8. The Balaban J connectivity index is 1.69. The van der Waals surface area contributed by atoms with E-state index in [1.165, 1.54) is 12.1 Å². The first-order chi connectivity index (χ1) is 13.8. The Morgan fingerprint density at radius 3 is 2.38 bits per heavy atom. The molecule has 0 aliphatic carbocycles. The van der Waals surface area contributed by atoms with Crippen molar-refractivity contribution in [1.29, 1.82) is 0 Å². The summed E-state index contributed by atoms with van der Waals surface area (Å²) >= 11 is 0. The first-order valence-corrected chi connectivity index (χ1v) is 9.16. The topological polar surface area (TPSA) is 93.5 Å². The van der Waals surface area contributed by atoms with Gasteiger partial charge in [-0.15, -0.1) is 0 Å². The number of carbonyl (C=O) groups excluding carboxylic acids is 2. The van der Waals surface area contributed by atoms with Crippen molar-refractivity contribution < 1.29 is 19.4 Å². The van der Waals surface area contributed by atoms with Crippen molar-refractivity contribution >= 4 is 17.6 Å². The maximum atomic E-state index is 12.3. The quantitative estimate of drug-likeness (QED) is 0.646. The fourth-order valence-corrected chi connectivity index (χ4v) is 2.96. The van der Waals surface area contributed by atoms with Gasteiger partial charge in [0.05, 0.1) is 22.8 Å². The number of phenols is 1.